The van der Waals surface area contributed by atoms with Gasteiger partial charge in [0.25, 0.3) is 5.69 Å². The number of nitrogens with one attached hydrogen (secondary N) is 1. The number of hydrogen-bond donors (Lipinski definition) is 1. The molecule has 3 heterocycles. The van der Waals surface area contributed by atoms with Gasteiger partial charge in [-0.1, -0.05) is 23.7 Å². The molecule has 1 aromatic heterocycles. The van der Waals surface area contributed by atoms with Crippen LogP contribution in [0.25, 0.3) is 0 Å². The van der Waals surface area contributed by atoms with Crippen molar-refractivity contribution in [2.24, 2.45) is 5.92 Å². The Labute approximate surface area is 187 Å². The zero-order valence-electron chi connectivity index (χ0n) is 16.9. The number of furan rings is 1. The number of likely N-dealkylation sites (tertiary alicyclic amines) is 1. The zero-order valence-corrected chi connectivity index (χ0v) is 17.7. The van der Waals surface area contributed by atoms with Crippen molar-refractivity contribution in [2.45, 2.75) is 11.5 Å². The summed E-state index contributed by atoms with van der Waals surface area (Å²) < 4.78 is 5.40. The van der Waals surface area contributed by atoms with Gasteiger partial charge in [-0.15, -0.1) is 0 Å². The van der Waals surface area contributed by atoms with E-state index in [0.717, 1.165) is 0 Å². The Bertz CT molecular complexity index is 1260. The molecule has 2 aromatic carbocycles. The van der Waals surface area contributed by atoms with E-state index < -0.39 is 22.3 Å². The van der Waals surface area contributed by atoms with Gasteiger partial charge in [-0.05, 0) is 42.9 Å². The fourth-order valence-electron chi connectivity index (χ4n) is 5.15. The van der Waals surface area contributed by atoms with Crippen LogP contribution in [0.15, 0.2) is 65.3 Å². The number of Topliss-reactive ketones (excluding diaryl/α,β-unsaturated/α-hetero) is 1. The van der Waals surface area contributed by atoms with Gasteiger partial charge in [-0.2, -0.15) is 0 Å². The van der Waals surface area contributed by atoms with Crippen LogP contribution in [0, 0.1) is 16.0 Å². The lowest BCUT2D eigenvalue weighted by Gasteiger charge is -2.35. The van der Waals surface area contributed by atoms with Gasteiger partial charge in [-0.3, -0.25) is 24.6 Å². The Hall–Kier alpha value is -3.49. The van der Waals surface area contributed by atoms with Crippen molar-refractivity contribution in [1.29, 1.82) is 0 Å². The van der Waals surface area contributed by atoms with Gasteiger partial charge in [0.15, 0.2) is 5.76 Å². The number of carbonyl (C=O) groups excluding carboxylic acids is 2. The van der Waals surface area contributed by atoms with Gasteiger partial charge < -0.3 is 9.73 Å². The molecule has 8 nitrogen and oxygen atoms in total. The van der Waals surface area contributed by atoms with Gasteiger partial charge >= 0.3 is 0 Å². The highest BCUT2D eigenvalue weighted by molar-refractivity contribution is 6.31. The number of fused-ring (bicyclic) bond motifs is 2. The molecule has 3 aromatic rings. The molecule has 32 heavy (non-hydrogen) atoms. The highest BCUT2D eigenvalue weighted by atomic mass is 35.5. The maximum Gasteiger partial charge on any atom is 0.269 e. The molecule has 1 fully saturated rings. The number of likely N-dealkylation sites (N-methyl/N-ethyl adjacent to an activating group) is 1. The summed E-state index contributed by atoms with van der Waals surface area (Å²) >= 11 is 6.28. The van der Waals surface area contributed by atoms with E-state index in [0.29, 0.717) is 28.4 Å². The molecule has 5 rings (SSSR count). The second-order valence-corrected chi connectivity index (χ2v) is 8.51. The van der Waals surface area contributed by atoms with E-state index in [1.54, 1.807) is 49.5 Å². The SMILES string of the molecule is CN1CC(c2cccc([N+](=O)[O-])c2)C(C(=O)c2ccco2)C12C(=O)Nc1ccc(Cl)cc12. The summed E-state index contributed by atoms with van der Waals surface area (Å²) in [6.07, 6.45) is 1.40. The van der Waals surface area contributed by atoms with Gasteiger partial charge in [0.2, 0.25) is 11.7 Å². The van der Waals surface area contributed by atoms with Crippen LogP contribution in [0.3, 0.4) is 0 Å². The maximum absolute atomic E-state index is 13.8. The molecule has 1 saturated heterocycles. The van der Waals surface area contributed by atoms with E-state index >= 15 is 0 Å². The second kappa shape index (κ2) is 7.29. The third kappa shape index (κ3) is 2.80. The van der Waals surface area contributed by atoms with Crippen LogP contribution in [0.2, 0.25) is 5.02 Å². The Kier molecular flexibility index (Phi) is 4.65. The van der Waals surface area contributed by atoms with Crippen molar-refractivity contribution in [1.82, 2.24) is 4.90 Å². The van der Waals surface area contributed by atoms with Crippen molar-refractivity contribution in [2.75, 3.05) is 18.9 Å². The Morgan fingerprint density at radius 3 is 2.78 bits per heavy atom. The molecule has 1 spiro atoms. The summed E-state index contributed by atoms with van der Waals surface area (Å²) in [6, 6.07) is 14.5. The largest absolute Gasteiger partial charge is 0.461 e. The lowest BCUT2D eigenvalue weighted by Crippen LogP contribution is -2.51. The number of hydrogen-bond acceptors (Lipinski definition) is 6. The first kappa shape index (κ1) is 20.4. The average molecular weight is 452 g/mol. The smallest absolute Gasteiger partial charge is 0.269 e. The van der Waals surface area contributed by atoms with Crippen LogP contribution in [0.5, 0.6) is 0 Å². The van der Waals surface area contributed by atoms with Crippen LogP contribution in [0.1, 0.15) is 27.6 Å². The first-order valence-corrected chi connectivity index (χ1v) is 10.4. The topological polar surface area (TPSA) is 106 Å². The summed E-state index contributed by atoms with van der Waals surface area (Å²) in [5.41, 5.74) is 0.392. The van der Waals surface area contributed by atoms with E-state index in [-0.39, 0.29) is 23.1 Å². The molecule has 1 N–H and O–H groups in total. The summed E-state index contributed by atoms with van der Waals surface area (Å²) in [5, 5.41) is 14.7. The molecule has 0 radical (unpaired) electrons. The number of nitro groups is 1. The number of nitro benzene ring substituents is 1. The first-order valence-electron chi connectivity index (χ1n) is 9.99. The van der Waals surface area contributed by atoms with E-state index in [1.165, 1.54) is 18.4 Å². The number of halogens is 1. The van der Waals surface area contributed by atoms with Crippen LogP contribution in [0.4, 0.5) is 11.4 Å². The van der Waals surface area contributed by atoms with Crippen molar-refractivity contribution in [3.8, 4) is 0 Å². The Morgan fingerprint density at radius 2 is 2.06 bits per heavy atom. The molecule has 1 amide bonds. The Balaban J connectivity index is 1.74. The number of amides is 1. The average Bonchev–Trinajstić information content (AvgIpc) is 3.47. The number of ketones is 1. The van der Waals surface area contributed by atoms with E-state index in [2.05, 4.69) is 5.32 Å². The fraction of sp³-hybridized carbons (Fsp3) is 0.217. The highest BCUT2D eigenvalue weighted by Crippen LogP contribution is 2.56. The quantitative estimate of drug-likeness (QED) is 0.361. The zero-order chi connectivity index (χ0) is 22.6. The lowest BCUT2D eigenvalue weighted by molar-refractivity contribution is -0.384. The van der Waals surface area contributed by atoms with E-state index in [4.69, 9.17) is 16.0 Å². The summed E-state index contributed by atoms with van der Waals surface area (Å²) in [6.45, 7) is 0.331. The minimum atomic E-state index is -1.33. The Morgan fingerprint density at radius 1 is 1.25 bits per heavy atom. The van der Waals surface area contributed by atoms with E-state index in [1.807, 2.05) is 4.90 Å². The standard InChI is InChI=1S/C23H18ClN3O5/c1-26-12-16(13-4-2-5-15(10-13)27(30)31)20(21(28)19-6-3-9-32-19)23(26)17-11-14(24)7-8-18(17)25-22(23)29/h2-11,16,20H,12H2,1H3,(H,25,29). The van der Waals surface area contributed by atoms with Crippen LogP contribution in [-0.4, -0.2) is 35.1 Å². The number of non-ortho nitro benzene ring substituents is 1. The normalized spacial score (nSPS) is 24.5. The molecular weight excluding hydrogens is 434 g/mol. The van der Waals surface area contributed by atoms with Gasteiger partial charge in [-0.25, -0.2) is 0 Å². The molecule has 0 bridgehead atoms. The fourth-order valence-corrected chi connectivity index (χ4v) is 5.32. The predicted molar refractivity (Wildman–Crippen MR) is 117 cm³/mol. The van der Waals surface area contributed by atoms with Crippen molar-refractivity contribution >= 4 is 34.7 Å². The molecule has 2 aliphatic heterocycles. The summed E-state index contributed by atoms with van der Waals surface area (Å²) in [7, 11) is 1.77. The lowest BCUT2D eigenvalue weighted by atomic mass is 9.71. The molecule has 2 aliphatic rings. The number of rotatable bonds is 4. The minimum absolute atomic E-state index is 0.0744. The molecular formula is C23H18ClN3O5. The maximum atomic E-state index is 13.8. The van der Waals surface area contributed by atoms with Crippen molar-refractivity contribution in [3.63, 3.8) is 0 Å². The number of benzene rings is 2. The van der Waals surface area contributed by atoms with Gasteiger partial charge in [0, 0.05) is 40.9 Å². The number of anilines is 1. The van der Waals surface area contributed by atoms with Gasteiger partial charge in [0.05, 0.1) is 17.1 Å². The van der Waals surface area contributed by atoms with Crippen molar-refractivity contribution < 1.29 is 18.9 Å². The molecule has 0 saturated carbocycles. The number of nitrogens with zero attached hydrogens (tertiary/aromatic N) is 2. The van der Waals surface area contributed by atoms with Gasteiger partial charge in [0.1, 0.15) is 5.54 Å². The highest BCUT2D eigenvalue weighted by Gasteiger charge is 2.64. The van der Waals surface area contributed by atoms with Crippen LogP contribution >= 0.6 is 11.6 Å². The predicted octanol–water partition coefficient (Wildman–Crippen LogP) is 4.22. The van der Waals surface area contributed by atoms with Crippen molar-refractivity contribution in [3.05, 3.63) is 92.9 Å². The molecule has 3 atom stereocenters. The van der Waals surface area contributed by atoms with E-state index in [9.17, 15) is 19.7 Å². The third-order valence-electron chi connectivity index (χ3n) is 6.47. The van der Waals surface area contributed by atoms with Crippen LogP contribution < -0.4 is 5.32 Å². The molecule has 162 valence electrons. The third-order valence-corrected chi connectivity index (χ3v) is 6.70. The number of carbonyl (C=O) groups is 2. The minimum Gasteiger partial charge on any atom is -0.461 e. The summed E-state index contributed by atoms with van der Waals surface area (Å²) in [4.78, 5) is 40.0. The molecule has 0 aliphatic carbocycles. The van der Waals surface area contributed by atoms with Crippen LogP contribution in [-0.2, 0) is 10.3 Å². The second-order valence-electron chi connectivity index (χ2n) is 8.07. The molecule has 9 heteroatoms. The molecule has 3 unspecified atom stereocenters. The summed E-state index contributed by atoms with van der Waals surface area (Å²) in [5.74, 6) is -1.94. The first-order chi connectivity index (χ1) is 15.3. The monoisotopic (exact) mass is 451 g/mol.